The Morgan fingerprint density at radius 3 is 2.05 bits per heavy atom. The molecule has 0 aliphatic rings. The van der Waals surface area contributed by atoms with E-state index in [1.165, 1.54) is 19.3 Å². The Kier molecular flexibility index (Phi) is 16.6. The first-order chi connectivity index (χ1) is 9.60. The molecule has 0 saturated heterocycles. The molecule has 0 rings (SSSR count). The molecule has 5 nitrogen and oxygen atoms in total. The van der Waals surface area contributed by atoms with Gasteiger partial charge in [-0.15, -0.1) is 0 Å². The van der Waals surface area contributed by atoms with Gasteiger partial charge in [0.1, 0.15) is 0 Å². The van der Waals surface area contributed by atoms with E-state index in [1.54, 1.807) is 6.92 Å². The first-order valence-corrected chi connectivity index (χ1v) is 7.19. The van der Waals surface area contributed by atoms with E-state index in [9.17, 15) is 14.4 Å². The number of hydrogen-bond acceptors (Lipinski definition) is 5. The van der Waals surface area contributed by atoms with Crippen LogP contribution in [0.15, 0.2) is 12.2 Å². The molecule has 2 radical (unpaired) electrons. The number of unbranched alkanes of at least 4 members (excludes halogenated alkanes) is 5. The van der Waals surface area contributed by atoms with E-state index in [4.69, 9.17) is 4.74 Å². The molecule has 21 heavy (non-hydrogen) atoms. The van der Waals surface area contributed by atoms with Crippen LogP contribution in [0.2, 0.25) is 0 Å². The first kappa shape index (κ1) is 22.4. The van der Waals surface area contributed by atoms with Gasteiger partial charge in [0.2, 0.25) is 0 Å². The Hall–Kier alpha value is -0.851. The number of hydrogen-bond donors (Lipinski definition) is 0. The molecule has 0 aromatic rings. The van der Waals surface area contributed by atoms with Crippen molar-refractivity contribution in [3.8, 4) is 0 Å². The van der Waals surface area contributed by atoms with Crippen LogP contribution in [0.4, 0.5) is 0 Å². The monoisotopic (exact) mass is 406 g/mol. The molecule has 0 saturated carbocycles. The van der Waals surface area contributed by atoms with Crippen LogP contribution in [0, 0.1) is 0 Å². The second kappa shape index (κ2) is 15.5. The molecule has 0 N–H and O–H groups in total. The van der Waals surface area contributed by atoms with Gasteiger partial charge in [-0.2, -0.15) is 0 Å². The fourth-order valence-corrected chi connectivity index (χ4v) is 1.46. The van der Waals surface area contributed by atoms with Gasteiger partial charge in [-0.1, -0.05) is 46.0 Å². The van der Waals surface area contributed by atoms with E-state index in [2.05, 4.69) is 11.7 Å². The first-order valence-electron chi connectivity index (χ1n) is 7.19. The third-order valence-corrected chi connectivity index (χ3v) is 2.60. The average Bonchev–Trinajstić information content (AvgIpc) is 2.44. The number of ether oxygens (including phenoxy) is 2. The second-order valence-corrected chi connectivity index (χ2v) is 4.42. The minimum atomic E-state index is -0.853. The zero-order chi connectivity index (χ0) is 15.2. The van der Waals surface area contributed by atoms with Crippen molar-refractivity contribution in [3.63, 3.8) is 0 Å². The summed E-state index contributed by atoms with van der Waals surface area (Å²) in [6, 6.07) is 0. The van der Waals surface area contributed by atoms with Gasteiger partial charge in [-0.3, -0.25) is 4.79 Å². The van der Waals surface area contributed by atoms with E-state index in [-0.39, 0.29) is 30.3 Å². The van der Waals surface area contributed by atoms with Gasteiger partial charge in [-0.25, -0.2) is 9.59 Å². The van der Waals surface area contributed by atoms with Crippen LogP contribution in [0.25, 0.3) is 0 Å². The summed E-state index contributed by atoms with van der Waals surface area (Å²) in [5.74, 6) is -2.08. The topological polar surface area (TPSA) is 69.7 Å². The number of carbonyl (C=O) groups excluding carboxylic acids is 3. The van der Waals surface area contributed by atoms with Crippen LogP contribution >= 0.6 is 0 Å². The number of esters is 3. The Labute approximate surface area is 143 Å². The molecule has 0 aliphatic carbocycles. The van der Waals surface area contributed by atoms with Gasteiger partial charge in [0.15, 0.2) is 0 Å². The number of carbonyl (C=O) groups is 3. The Morgan fingerprint density at radius 1 is 0.857 bits per heavy atom. The molecule has 0 heterocycles. The van der Waals surface area contributed by atoms with Crippen LogP contribution in [0.3, 0.4) is 0 Å². The normalized spacial score (nSPS) is 10.0. The van der Waals surface area contributed by atoms with Gasteiger partial charge in [-0.05, 0) is 6.42 Å². The fourth-order valence-electron chi connectivity index (χ4n) is 1.46. The average molecular weight is 405 g/mol. The fraction of sp³-hybridized carbons (Fsp3) is 0.667. The molecule has 6 heteroatoms. The molecule has 0 aromatic carbocycles. The summed E-state index contributed by atoms with van der Waals surface area (Å²) in [6.45, 7) is 4.08. The van der Waals surface area contributed by atoms with E-state index in [0.29, 0.717) is 6.61 Å². The molecule has 0 unspecified atom stereocenters. The molecule has 0 amide bonds. The van der Waals surface area contributed by atoms with Gasteiger partial charge in [0.05, 0.1) is 6.61 Å². The summed E-state index contributed by atoms with van der Waals surface area (Å²) in [7, 11) is 0. The van der Waals surface area contributed by atoms with Crippen molar-refractivity contribution >= 4 is 41.8 Å². The second-order valence-electron chi connectivity index (χ2n) is 4.42. The van der Waals surface area contributed by atoms with Gasteiger partial charge in [0.25, 0.3) is 0 Å². The van der Waals surface area contributed by atoms with Crippen molar-refractivity contribution in [2.45, 2.75) is 58.8 Å². The Balaban J connectivity index is 0. The summed E-state index contributed by atoms with van der Waals surface area (Å²) in [5, 5.41) is 0. The molecule has 0 aliphatic heterocycles. The maximum atomic E-state index is 11.2. The third kappa shape index (κ3) is 15.4. The van der Waals surface area contributed by atoms with Crippen LogP contribution in [0.5, 0.6) is 0 Å². The molecule has 0 aromatic heterocycles. The van der Waals surface area contributed by atoms with Crippen molar-refractivity contribution in [2.24, 2.45) is 0 Å². The van der Waals surface area contributed by atoms with Crippen LogP contribution in [-0.2, 0) is 23.9 Å². The summed E-state index contributed by atoms with van der Waals surface area (Å²) in [5.41, 5.74) is 0. The molecular weight excluding hydrogens is 379 g/mol. The van der Waals surface area contributed by atoms with Gasteiger partial charge in [0, 0.05) is 18.6 Å². The van der Waals surface area contributed by atoms with E-state index < -0.39 is 17.9 Å². The van der Waals surface area contributed by atoms with E-state index in [1.807, 2.05) is 0 Å². The third-order valence-electron chi connectivity index (χ3n) is 2.60. The van der Waals surface area contributed by atoms with E-state index >= 15 is 0 Å². The van der Waals surface area contributed by atoms with Crippen LogP contribution in [0.1, 0.15) is 58.8 Å². The maximum absolute atomic E-state index is 11.2. The summed E-state index contributed by atoms with van der Waals surface area (Å²) < 4.78 is 9.27. The van der Waals surface area contributed by atoms with Gasteiger partial charge < -0.3 is 9.47 Å². The predicted molar refractivity (Wildman–Crippen MR) is 83.4 cm³/mol. The van der Waals surface area contributed by atoms with Crippen molar-refractivity contribution in [2.75, 3.05) is 6.61 Å². The zero-order valence-electron chi connectivity index (χ0n) is 13.1. The summed E-state index contributed by atoms with van der Waals surface area (Å²) in [4.78, 5) is 33.1. The number of rotatable bonds is 10. The zero-order valence-corrected chi connectivity index (χ0v) is 17.1. The summed E-state index contributed by atoms with van der Waals surface area (Å²) in [6.07, 6.45) is 8.64. The summed E-state index contributed by atoms with van der Waals surface area (Å²) >= 11 is 0. The van der Waals surface area contributed by atoms with E-state index in [0.717, 1.165) is 31.4 Å². The molecule has 0 atom stereocenters. The van der Waals surface area contributed by atoms with Crippen LogP contribution < -0.4 is 0 Å². The van der Waals surface area contributed by atoms with Crippen molar-refractivity contribution < 1.29 is 23.9 Å². The van der Waals surface area contributed by atoms with Crippen molar-refractivity contribution in [3.05, 3.63) is 12.2 Å². The molecule has 0 fully saturated rings. The van der Waals surface area contributed by atoms with Crippen LogP contribution in [-0.4, -0.2) is 48.4 Å². The standard InChI is InChI=1S/C15H24O5.Sn.2H/c1-3-5-6-7-8-9-12-19-14(17)10-11-15(18)20-13(16)4-2;;;/h10-11H,3-9,12H2,1-2H3;;;/b11-10-;;;. The molecule has 0 bridgehead atoms. The quantitative estimate of drug-likeness (QED) is 0.183. The minimum absolute atomic E-state index is 0. The molecule has 0 spiro atoms. The van der Waals surface area contributed by atoms with Gasteiger partial charge >= 0.3 is 41.8 Å². The molecular formula is C15H26O5Sn. The SMILES string of the molecule is CCCCCCCCOC(=O)/C=C\C(=O)OC(=O)CC.[SnH2]. The van der Waals surface area contributed by atoms with Crippen molar-refractivity contribution in [1.82, 2.24) is 0 Å². The molecule has 120 valence electrons. The van der Waals surface area contributed by atoms with Crippen molar-refractivity contribution in [1.29, 1.82) is 0 Å². The Morgan fingerprint density at radius 2 is 1.43 bits per heavy atom. The Bertz CT molecular complexity index is 339. The predicted octanol–water partition coefficient (Wildman–Crippen LogP) is 2.01.